The van der Waals surface area contributed by atoms with Gasteiger partial charge in [-0.2, -0.15) is 0 Å². The second kappa shape index (κ2) is 8.61. The summed E-state index contributed by atoms with van der Waals surface area (Å²) >= 11 is 5.87. The van der Waals surface area contributed by atoms with Crippen LogP contribution >= 0.6 is 11.6 Å². The molecule has 0 spiro atoms. The first-order chi connectivity index (χ1) is 13.0. The lowest BCUT2D eigenvalue weighted by Gasteiger charge is -2.33. The van der Waals surface area contributed by atoms with Crippen LogP contribution in [0.15, 0.2) is 36.4 Å². The summed E-state index contributed by atoms with van der Waals surface area (Å²) in [7, 11) is 3.16. The van der Waals surface area contributed by atoms with Gasteiger partial charge < -0.3 is 19.9 Å². The summed E-state index contributed by atoms with van der Waals surface area (Å²) in [4.78, 5) is 14.2. The highest BCUT2D eigenvalue weighted by Gasteiger charge is 2.30. The van der Waals surface area contributed by atoms with Crippen molar-refractivity contribution >= 4 is 17.5 Å². The zero-order valence-corrected chi connectivity index (χ0v) is 16.1. The molecule has 1 atom stereocenters. The first-order valence-electron chi connectivity index (χ1n) is 8.67. The molecular weight excluding hydrogens is 368 g/mol. The molecule has 0 aromatic heterocycles. The molecular formula is C20H23ClN2O4. The zero-order chi connectivity index (χ0) is 19.4. The van der Waals surface area contributed by atoms with Crippen LogP contribution in [0.2, 0.25) is 5.02 Å². The van der Waals surface area contributed by atoms with Gasteiger partial charge in [-0.25, -0.2) is 0 Å². The van der Waals surface area contributed by atoms with Gasteiger partial charge >= 0.3 is 0 Å². The molecule has 0 unspecified atom stereocenters. The zero-order valence-electron chi connectivity index (χ0n) is 15.4. The Hall–Kier alpha value is -2.28. The summed E-state index contributed by atoms with van der Waals surface area (Å²) in [6.07, 6.45) is -0.747. The van der Waals surface area contributed by atoms with Crippen LogP contribution in [0.1, 0.15) is 22.8 Å². The first-order valence-corrected chi connectivity index (χ1v) is 9.05. The topological polar surface area (TPSA) is 71.0 Å². The Labute approximate surface area is 163 Å². The Morgan fingerprint density at radius 3 is 2.52 bits per heavy atom. The molecule has 0 aliphatic carbocycles. The van der Waals surface area contributed by atoms with E-state index < -0.39 is 6.10 Å². The van der Waals surface area contributed by atoms with Crippen LogP contribution in [0.25, 0.3) is 0 Å². The molecule has 1 amide bonds. The van der Waals surface area contributed by atoms with Crippen LogP contribution in [0, 0.1) is 0 Å². The second-order valence-electron chi connectivity index (χ2n) is 6.45. The molecule has 6 nitrogen and oxygen atoms in total. The number of hydrogen-bond acceptors (Lipinski definition) is 5. The Balaban J connectivity index is 1.65. The number of hydrogen-bond donors (Lipinski definition) is 2. The van der Waals surface area contributed by atoms with Crippen molar-refractivity contribution in [2.24, 2.45) is 0 Å². The number of amides is 1. The van der Waals surface area contributed by atoms with Gasteiger partial charge in [-0.05, 0) is 29.8 Å². The van der Waals surface area contributed by atoms with E-state index in [0.29, 0.717) is 36.2 Å². The molecule has 0 fully saturated rings. The number of carbonyl (C=O) groups is 1. The van der Waals surface area contributed by atoms with E-state index in [4.69, 9.17) is 21.1 Å². The van der Waals surface area contributed by atoms with E-state index in [9.17, 15) is 9.90 Å². The molecule has 144 valence electrons. The predicted molar refractivity (Wildman–Crippen MR) is 103 cm³/mol. The molecule has 0 saturated carbocycles. The van der Waals surface area contributed by atoms with Gasteiger partial charge in [0.05, 0.1) is 26.9 Å². The fraction of sp³-hybridized carbons (Fsp3) is 0.350. The Morgan fingerprint density at radius 1 is 1.19 bits per heavy atom. The minimum absolute atomic E-state index is 0.109. The van der Waals surface area contributed by atoms with Crippen LogP contribution in [0.3, 0.4) is 0 Å². The van der Waals surface area contributed by atoms with Gasteiger partial charge in [-0.3, -0.25) is 9.69 Å². The number of aliphatic hydroxyl groups is 1. The fourth-order valence-electron chi connectivity index (χ4n) is 3.33. The highest BCUT2D eigenvalue weighted by Crippen LogP contribution is 2.39. The average Bonchev–Trinajstić information content (AvgIpc) is 2.66. The number of fused-ring (bicyclic) bond motifs is 1. The van der Waals surface area contributed by atoms with E-state index >= 15 is 0 Å². The van der Waals surface area contributed by atoms with Crippen LogP contribution < -0.4 is 14.8 Å². The summed E-state index contributed by atoms with van der Waals surface area (Å²) < 4.78 is 10.8. The summed E-state index contributed by atoms with van der Waals surface area (Å²) in [5.41, 5.74) is 2.55. The van der Waals surface area contributed by atoms with E-state index in [-0.39, 0.29) is 12.5 Å². The maximum Gasteiger partial charge on any atom is 0.234 e. The molecule has 7 heteroatoms. The van der Waals surface area contributed by atoms with Gasteiger partial charge in [0.15, 0.2) is 0 Å². The maximum atomic E-state index is 12.3. The molecule has 2 aromatic carbocycles. The monoisotopic (exact) mass is 390 g/mol. The van der Waals surface area contributed by atoms with Crippen LogP contribution in [-0.2, 0) is 17.9 Å². The maximum absolute atomic E-state index is 12.3. The number of benzene rings is 2. The van der Waals surface area contributed by atoms with E-state index in [2.05, 4.69) is 5.32 Å². The molecule has 0 radical (unpaired) electrons. The smallest absolute Gasteiger partial charge is 0.234 e. The lowest BCUT2D eigenvalue weighted by molar-refractivity contribution is -0.123. The normalized spacial score (nSPS) is 16.5. The Morgan fingerprint density at radius 2 is 1.85 bits per heavy atom. The number of methoxy groups -OCH3 is 2. The van der Waals surface area contributed by atoms with E-state index in [0.717, 1.165) is 16.7 Å². The fourth-order valence-corrected chi connectivity index (χ4v) is 3.45. The van der Waals surface area contributed by atoms with E-state index in [1.54, 1.807) is 32.4 Å². The molecule has 1 aliphatic heterocycles. The highest BCUT2D eigenvalue weighted by atomic mass is 35.5. The standard InChI is InChI=1S/C20H23ClN2O4/c1-26-17-7-8-18(27-2)20-15(17)10-23(11-16(20)24)12-19(25)22-9-13-3-5-14(21)6-4-13/h3-8,16,24H,9-12H2,1-2H3,(H,22,25)/t16-/m0/s1. The van der Waals surface area contributed by atoms with Crippen molar-refractivity contribution < 1.29 is 19.4 Å². The molecule has 0 saturated heterocycles. The highest BCUT2D eigenvalue weighted by molar-refractivity contribution is 6.30. The number of aliphatic hydroxyl groups excluding tert-OH is 1. The van der Waals surface area contributed by atoms with Crippen molar-refractivity contribution in [3.8, 4) is 11.5 Å². The molecule has 2 N–H and O–H groups in total. The lowest BCUT2D eigenvalue weighted by Crippen LogP contribution is -2.41. The van der Waals surface area contributed by atoms with Crippen molar-refractivity contribution in [2.75, 3.05) is 27.3 Å². The average molecular weight is 391 g/mol. The quantitative estimate of drug-likeness (QED) is 0.793. The number of halogens is 1. The number of carbonyl (C=O) groups excluding carboxylic acids is 1. The van der Waals surface area contributed by atoms with Crippen LogP contribution in [0.4, 0.5) is 0 Å². The van der Waals surface area contributed by atoms with Crippen molar-refractivity contribution in [2.45, 2.75) is 19.2 Å². The van der Waals surface area contributed by atoms with Crippen molar-refractivity contribution in [3.63, 3.8) is 0 Å². The van der Waals surface area contributed by atoms with Gasteiger partial charge in [-0.1, -0.05) is 23.7 Å². The SMILES string of the molecule is COc1ccc(OC)c2c1CN(CC(=O)NCc1ccc(Cl)cc1)C[C@@H]2O. The van der Waals surface area contributed by atoms with Crippen molar-refractivity contribution in [1.29, 1.82) is 0 Å². The van der Waals surface area contributed by atoms with Gasteiger partial charge in [0.2, 0.25) is 5.91 Å². The predicted octanol–water partition coefficient (Wildman–Crippen LogP) is 2.52. The number of rotatable bonds is 6. The van der Waals surface area contributed by atoms with Gasteiger partial charge in [0, 0.05) is 35.8 Å². The van der Waals surface area contributed by atoms with E-state index in [1.807, 2.05) is 23.1 Å². The van der Waals surface area contributed by atoms with Crippen LogP contribution in [0.5, 0.6) is 11.5 Å². The molecule has 1 aliphatic rings. The minimum Gasteiger partial charge on any atom is -0.496 e. The summed E-state index contributed by atoms with van der Waals surface area (Å²) in [6, 6.07) is 10.9. The molecule has 1 heterocycles. The molecule has 3 rings (SSSR count). The second-order valence-corrected chi connectivity index (χ2v) is 6.89. The van der Waals surface area contributed by atoms with Gasteiger partial charge in [0.1, 0.15) is 11.5 Å². The number of nitrogens with one attached hydrogen (secondary N) is 1. The molecule has 2 aromatic rings. The number of nitrogens with zero attached hydrogens (tertiary/aromatic N) is 1. The summed E-state index contributed by atoms with van der Waals surface area (Å²) in [5, 5.41) is 14.1. The third kappa shape index (κ3) is 4.53. The summed E-state index contributed by atoms with van der Waals surface area (Å²) in [6.45, 7) is 1.47. The van der Waals surface area contributed by atoms with E-state index in [1.165, 1.54) is 0 Å². The third-order valence-corrected chi connectivity index (χ3v) is 4.88. The Bertz CT molecular complexity index is 810. The van der Waals surface area contributed by atoms with Gasteiger partial charge in [-0.15, -0.1) is 0 Å². The van der Waals surface area contributed by atoms with Crippen molar-refractivity contribution in [3.05, 3.63) is 58.1 Å². The molecule has 27 heavy (non-hydrogen) atoms. The van der Waals surface area contributed by atoms with Crippen LogP contribution in [-0.4, -0.2) is 43.2 Å². The number of ether oxygens (including phenoxy) is 2. The first kappa shape index (κ1) is 19.5. The summed E-state index contributed by atoms with van der Waals surface area (Å²) in [5.74, 6) is 1.20. The molecule has 0 bridgehead atoms. The minimum atomic E-state index is -0.747. The lowest BCUT2D eigenvalue weighted by atomic mass is 9.95. The Kier molecular flexibility index (Phi) is 6.21. The van der Waals surface area contributed by atoms with Crippen molar-refractivity contribution in [1.82, 2.24) is 10.2 Å². The van der Waals surface area contributed by atoms with Gasteiger partial charge in [0.25, 0.3) is 0 Å². The third-order valence-electron chi connectivity index (χ3n) is 4.63. The largest absolute Gasteiger partial charge is 0.496 e. The number of β-amino-alcohol motifs (C(OH)–C–C–N with tert-alkyl or cyclic N) is 1.